The van der Waals surface area contributed by atoms with Gasteiger partial charge in [0.1, 0.15) is 12.4 Å². The van der Waals surface area contributed by atoms with Crippen LogP contribution < -0.4 is 9.64 Å². The van der Waals surface area contributed by atoms with Gasteiger partial charge in [-0.2, -0.15) is 5.10 Å². The molecule has 0 atom stereocenters. The first-order chi connectivity index (χ1) is 11.7. The van der Waals surface area contributed by atoms with Crippen molar-refractivity contribution in [3.05, 3.63) is 47.7 Å². The van der Waals surface area contributed by atoms with Crippen LogP contribution in [-0.4, -0.2) is 54.4 Å². The smallest absolute Gasteiger partial charge is 0.151 e. The monoisotopic (exact) mass is 326 g/mol. The first-order valence-electron chi connectivity index (χ1n) is 8.68. The van der Waals surface area contributed by atoms with Crippen molar-refractivity contribution in [3.63, 3.8) is 0 Å². The molecule has 0 saturated carbocycles. The summed E-state index contributed by atoms with van der Waals surface area (Å²) in [6, 6.07) is 10.3. The van der Waals surface area contributed by atoms with Gasteiger partial charge < -0.3 is 9.64 Å². The van der Waals surface area contributed by atoms with E-state index < -0.39 is 0 Å². The average Bonchev–Trinajstić information content (AvgIpc) is 2.84. The molecule has 0 spiro atoms. The van der Waals surface area contributed by atoms with E-state index >= 15 is 0 Å². The second kappa shape index (κ2) is 8.11. The van der Waals surface area contributed by atoms with Crippen LogP contribution in [0.25, 0.3) is 0 Å². The summed E-state index contributed by atoms with van der Waals surface area (Å²) in [5.41, 5.74) is 2.42. The Bertz CT molecular complexity index is 627. The van der Waals surface area contributed by atoms with Crippen LogP contribution in [0.15, 0.2) is 36.5 Å². The zero-order valence-electron chi connectivity index (χ0n) is 14.6. The maximum Gasteiger partial charge on any atom is 0.151 e. The van der Waals surface area contributed by atoms with Crippen LogP contribution in [0.1, 0.15) is 17.5 Å². The van der Waals surface area contributed by atoms with Gasteiger partial charge in [-0.25, -0.2) is 0 Å². The van der Waals surface area contributed by atoms with Crippen LogP contribution in [0.2, 0.25) is 0 Å². The lowest BCUT2D eigenvalue weighted by Crippen LogP contribution is -2.33. The number of benzene rings is 1. The summed E-state index contributed by atoms with van der Waals surface area (Å²) in [5, 5.41) is 8.21. The second-order valence-corrected chi connectivity index (χ2v) is 6.33. The highest BCUT2D eigenvalue weighted by Crippen LogP contribution is 2.22. The number of anilines is 1. The molecular weight excluding hydrogens is 300 g/mol. The molecule has 24 heavy (non-hydrogen) atoms. The molecule has 5 heteroatoms. The Kier molecular flexibility index (Phi) is 5.64. The van der Waals surface area contributed by atoms with Crippen molar-refractivity contribution in [3.8, 4) is 5.75 Å². The molecule has 2 aromatic rings. The van der Waals surface area contributed by atoms with E-state index in [1.807, 2.05) is 12.1 Å². The number of nitrogens with zero attached hydrogens (tertiary/aromatic N) is 4. The van der Waals surface area contributed by atoms with E-state index in [4.69, 9.17) is 4.74 Å². The van der Waals surface area contributed by atoms with Crippen molar-refractivity contribution in [2.24, 2.45) is 0 Å². The Morgan fingerprint density at radius 3 is 2.58 bits per heavy atom. The van der Waals surface area contributed by atoms with Crippen molar-refractivity contribution < 1.29 is 4.74 Å². The molecule has 2 heterocycles. The third kappa shape index (κ3) is 4.23. The first kappa shape index (κ1) is 16.7. The fourth-order valence-corrected chi connectivity index (χ4v) is 3.19. The molecule has 1 saturated heterocycles. The molecule has 1 aliphatic heterocycles. The Morgan fingerprint density at radius 2 is 1.83 bits per heavy atom. The van der Waals surface area contributed by atoms with Crippen LogP contribution in [0.5, 0.6) is 5.75 Å². The number of hydrogen-bond acceptors (Lipinski definition) is 5. The zero-order chi connectivity index (χ0) is 16.8. The molecule has 0 radical (unpaired) electrons. The summed E-state index contributed by atoms with van der Waals surface area (Å²) >= 11 is 0. The molecule has 0 bridgehead atoms. The van der Waals surface area contributed by atoms with E-state index in [2.05, 4.69) is 52.0 Å². The van der Waals surface area contributed by atoms with Crippen LogP contribution in [0, 0.1) is 13.8 Å². The number of rotatable bonds is 5. The molecular formula is C19H26N4O. The molecule has 0 amide bonds. The van der Waals surface area contributed by atoms with E-state index in [-0.39, 0.29) is 0 Å². The second-order valence-electron chi connectivity index (χ2n) is 6.33. The quantitative estimate of drug-likeness (QED) is 0.845. The highest BCUT2D eigenvalue weighted by atomic mass is 16.5. The van der Waals surface area contributed by atoms with Gasteiger partial charge in [0.15, 0.2) is 5.82 Å². The minimum Gasteiger partial charge on any atom is -0.492 e. The van der Waals surface area contributed by atoms with Gasteiger partial charge in [0, 0.05) is 38.9 Å². The van der Waals surface area contributed by atoms with Gasteiger partial charge in [0.05, 0.1) is 0 Å². The van der Waals surface area contributed by atoms with Gasteiger partial charge in [-0.05, 0) is 43.5 Å². The van der Waals surface area contributed by atoms with Gasteiger partial charge in [-0.1, -0.05) is 18.2 Å². The lowest BCUT2D eigenvalue weighted by atomic mass is 10.1. The van der Waals surface area contributed by atoms with Gasteiger partial charge in [-0.3, -0.25) is 4.90 Å². The van der Waals surface area contributed by atoms with Gasteiger partial charge >= 0.3 is 0 Å². The Labute approximate surface area is 144 Å². The molecule has 3 rings (SSSR count). The number of hydrogen-bond donors (Lipinski definition) is 0. The predicted molar refractivity (Wildman–Crippen MR) is 96.7 cm³/mol. The van der Waals surface area contributed by atoms with Crippen molar-refractivity contribution in [2.75, 3.05) is 44.2 Å². The van der Waals surface area contributed by atoms with Crippen LogP contribution >= 0.6 is 0 Å². The fraction of sp³-hybridized carbons (Fsp3) is 0.474. The predicted octanol–water partition coefficient (Wildman–Crippen LogP) is 2.68. The summed E-state index contributed by atoms with van der Waals surface area (Å²) in [5.74, 6) is 2.01. The van der Waals surface area contributed by atoms with Crippen molar-refractivity contribution in [2.45, 2.75) is 20.3 Å². The molecule has 0 N–H and O–H groups in total. The maximum absolute atomic E-state index is 6.04. The van der Waals surface area contributed by atoms with Crippen molar-refractivity contribution >= 4 is 5.82 Å². The summed E-state index contributed by atoms with van der Waals surface area (Å²) in [6.07, 6.45) is 2.86. The molecule has 1 aliphatic rings. The normalized spacial score (nSPS) is 16.0. The first-order valence-corrected chi connectivity index (χ1v) is 8.68. The van der Waals surface area contributed by atoms with E-state index in [9.17, 15) is 0 Å². The molecule has 5 nitrogen and oxygen atoms in total. The average molecular weight is 326 g/mol. The SMILES string of the molecule is Cc1cccc(C)c1OCCN1CCCN(c2cccnn2)CC1. The Balaban J connectivity index is 1.49. The largest absolute Gasteiger partial charge is 0.492 e. The highest BCUT2D eigenvalue weighted by Gasteiger charge is 2.16. The van der Waals surface area contributed by atoms with Crippen LogP contribution in [-0.2, 0) is 0 Å². The fourth-order valence-electron chi connectivity index (χ4n) is 3.19. The number of ether oxygens (including phenoxy) is 1. The topological polar surface area (TPSA) is 41.5 Å². The maximum atomic E-state index is 6.04. The minimum absolute atomic E-state index is 0.733. The van der Waals surface area contributed by atoms with Crippen molar-refractivity contribution in [1.29, 1.82) is 0 Å². The minimum atomic E-state index is 0.733. The molecule has 1 aromatic heterocycles. The third-order valence-corrected chi connectivity index (χ3v) is 4.53. The van der Waals surface area contributed by atoms with Gasteiger partial charge in [0.25, 0.3) is 0 Å². The van der Waals surface area contributed by atoms with E-state index in [0.717, 1.165) is 57.3 Å². The summed E-state index contributed by atoms with van der Waals surface area (Å²) in [4.78, 5) is 4.79. The lowest BCUT2D eigenvalue weighted by molar-refractivity contribution is 0.216. The molecule has 0 aliphatic carbocycles. The number of para-hydroxylation sites is 1. The molecule has 0 unspecified atom stereocenters. The van der Waals surface area contributed by atoms with E-state index in [1.165, 1.54) is 11.1 Å². The van der Waals surface area contributed by atoms with Gasteiger partial charge in [-0.15, -0.1) is 5.10 Å². The third-order valence-electron chi connectivity index (χ3n) is 4.53. The summed E-state index contributed by atoms with van der Waals surface area (Å²) in [7, 11) is 0. The van der Waals surface area contributed by atoms with E-state index in [1.54, 1.807) is 6.20 Å². The highest BCUT2D eigenvalue weighted by molar-refractivity contribution is 5.39. The standard InChI is InChI=1S/C19H26N4O/c1-16-6-3-7-17(2)19(16)24-15-14-22-10-5-11-23(13-12-22)18-8-4-9-20-21-18/h3-4,6-9H,5,10-15H2,1-2H3. The molecule has 1 aromatic carbocycles. The number of aromatic nitrogens is 2. The summed E-state index contributed by atoms with van der Waals surface area (Å²) < 4.78 is 6.04. The van der Waals surface area contributed by atoms with E-state index in [0.29, 0.717) is 0 Å². The zero-order valence-corrected chi connectivity index (χ0v) is 14.6. The number of aryl methyl sites for hydroxylation is 2. The molecule has 1 fully saturated rings. The summed E-state index contributed by atoms with van der Waals surface area (Å²) in [6.45, 7) is 10.1. The van der Waals surface area contributed by atoms with Crippen molar-refractivity contribution in [1.82, 2.24) is 15.1 Å². The Morgan fingerprint density at radius 1 is 1.00 bits per heavy atom. The van der Waals surface area contributed by atoms with Crippen LogP contribution in [0.4, 0.5) is 5.82 Å². The lowest BCUT2D eigenvalue weighted by Gasteiger charge is -2.22. The molecule has 128 valence electrons. The Hall–Kier alpha value is -2.14. The van der Waals surface area contributed by atoms with Crippen LogP contribution in [0.3, 0.4) is 0 Å². The van der Waals surface area contributed by atoms with Gasteiger partial charge in [0.2, 0.25) is 0 Å².